The van der Waals surface area contributed by atoms with Gasteiger partial charge in [-0.15, -0.1) is 0 Å². The third-order valence-electron chi connectivity index (χ3n) is 2.44. The first kappa shape index (κ1) is 16.5. The van der Waals surface area contributed by atoms with Gasteiger partial charge in [-0.1, -0.05) is 12.0 Å². The zero-order valence-corrected chi connectivity index (χ0v) is 11.3. The standard InChI is InChI=1S/C8H9NO4.C4H5NO3/c1-2-3-8(12)13-9-6(10)4-5-7(9)11;6-3-1-2-4(7)5(3)8/h4-5H,2-3H2,1H3;8H,1-2H2. The van der Waals surface area contributed by atoms with Gasteiger partial charge >= 0.3 is 5.97 Å². The van der Waals surface area contributed by atoms with Crippen molar-refractivity contribution < 1.29 is 34.0 Å². The van der Waals surface area contributed by atoms with E-state index in [0.29, 0.717) is 11.5 Å². The van der Waals surface area contributed by atoms with Crippen LogP contribution in [-0.2, 0) is 28.8 Å². The van der Waals surface area contributed by atoms with Crippen molar-refractivity contribution in [3.05, 3.63) is 12.2 Å². The normalized spacial score (nSPS) is 17.2. The molecule has 4 amide bonds. The third-order valence-corrected chi connectivity index (χ3v) is 2.44. The molecule has 9 nitrogen and oxygen atoms in total. The van der Waals surface area contributed by atoms with Gasteiger partial charge in [0.1, 0.15) is 0 Å². The summed E-state index contributed by atoms with van der Waals surface area (Å²) < 4.78 is 0. The van der Waals surface area contributed by atoms with Crippen LogP contribution in [-0.4, -0.2) is 44.9 Å². The Morgan fingerprint density at radius 3 is 1.95 bits per heavy atom. The summed E-state index contributed by atoms with van der Waals surface area (Å²) in [5.74, 6) is -2.82. The van der Waals surface area contributed by atoms with Crippen LogP contribution >= 0.6 is 0 Å². The van der Waals surface area contributed by atoms with Crippen LogP contribution in [0.2, 0.25) is 0 Å². The molecule has 0 aromatic rings. The summed E-state index contributed by atoms with van der Waals surface area (Å²) >= 11 is 0. The zero-order valence-electron chi connectivity index (χ0n) is 11.3. The molecule has 1 fully saturated rings. The van der Waals surface area contributed by atoms with Gasteiger partial charge in [0.2, 0.25) is 0 Å². The van der Waals surface area contributed by atoms with E-state index >= 15 is 0 Å². The lowest BCUT2D eigenvalue weighted by molar-refractivity contribution is -0.196. The molecule has 2 aliphatic heterocycles. The number of nitrogens with zero attached hydrogens (tertiary/aromatic N) is 2. The quantitative estimate of drug-likeness (QED) is 0.560. The van der Waals surface area contributed by atoms with Crippen LogP contribution in [0, 0.1) is 0 Å². The fourth-order valence-electron chi connectivity index (χ4n) is 1.39. The molecule has 0 aromatic heterocycles. The summed E-state index contributed by atoms with van der Waals surface area (Å²) in [6, 6.07) is 0. The van der Waals surface area contributed by atoms with Crippen molar-refractivity contribution in [2.75, 3.05) is 0 Å². The van der Waals surface area contributed by atoms with Crippen molar-refractivity contribution >= 4 is 29.6 Å². The Balaban J connectivity index is 0.000000235. The van der Waals surface area contributed by atoms with Gasteiger partial charge in [0.05, 0.1) is 0 Å². The predicted molar refractivity (Wildman–Crippen MR) is 64.9 cm³/mol. The molecule has 2 heterocycles. The van der Waals surface area contributed by atoms with Crippen molar-refractivity contribution in [2.45, 2.75) is 32.6 Å². The molecule has 114 valence electrons. The second-order valence-corrected chi connectivity index (χ2v) is 4.12. The number of hydroxylamine groups is 4. The van der Waals surface area contributed by atoms with Gasteiger partial charge in [-0.05, 0) is 6.42 Å². The van der Waals surface area contributed by atoms with E-state index in [9.17, 15) is 24.0 Å². The molecule has 0 saturated carbocycles. The van der Waals surface area contributed by atoms with Crippen LogP contribution in [0.4, 0.5) is 0 Å². The Labute approximate surface area is 119 Å². The summed E-state index contributed by atoms with van der Waals surface area (Å²) in [4.78, 5) is 57.6. The second-order valence-electron chi connectivity index (χ2n) is 4.12. The lowest BCUT2D eigenvalue weighted by Crippen LogP contribution is -2.32. The van der Waals surface area contributed by atoms with Crippen molar-refractivity contribution in [2.24, 2.45) is 0 Å². The van der Waals surface area contributed by atoms with Crippen LogP contribution in [0.3, 0.4) is 0 Å². The first-order valence-corrected chi connectivity index (χ1v) is 6.18. The van der Waals surface area contributed by atoms with Crippen LogP contribution in [0.15, 0.2) is 12.2 Å². The first-order chi connectivity index (χ1) is 9.86. The van der Waals surface area contributed by atoms with Crippen molar-refractivity contribution in [1.82, 2.24) is 10.1 Å². The minimum absolute atomic E-state index is 0.148. The molecular formula is C12H14N2O7. The molecule has 2 aliphatic rings. The van der Waals surface area contributed by atoms with Crippen molar-refractivity contribution in [1.29, 1.82) is 0 Å². The first-order valence-electron chi connectivity index (χ1n) is 6.18. The van der Waals surface area contributed by atoms with E-state index < -0.39 is 29.6 Å². The van der Waals surface area contributed by atoms with E-state index in [-0.39, 0.29) is 24.3 Å². The van der Waals surface area contributed by atoms with Gasteiger partial charge in [0.25, 0.3) is 23.6 Å². The summed E-state index contributed by atoms with van der Waals surface area (Å²) in [5.41, 5.74) is 0. The summed E-state index contributed by atoms with van der Waals surface area (Å²) in [6.45, 7) is 1.80. The van der Waals surface area contributed by atoms with Gasteiger partial charge in [0.15, 0.2) is 0 Å². The highest BCUT2D eigenvalue weighted by Crippen LogP contribution is 2.07. The van der Waals surface area contributed by atoms with Gasteiger partial charge in [0, 0.05) is 31.4 Å². The van der Waals surface area contributed by atoms with Gasteiger partial charge in [-0.25, -0.2) is 4.79 Å². The Morgan fingerprint density at radius 1 is 1.14 bits per heavy atom. The predicted octanol–water partition coefficient (Wildman–Crippen LogP) is -0.306. The lowest BCUT2D eigenvalue weighted by atomic mass is 10.3. The summed E-state index contributed by atoms with van der Waals surface area (Å²) in [5, 5.41) is 9.02. The molecule has 0 bridgehead atoms. The fraction of sp³-hybridized carbons (Fsp3) is 0.417. The highest BCUT2D eigenvalue weighted by atomic mass is 16.7. The van der Waals surface area contributed by atoms with E-state index in [1.165, 1.54) is 0 Å². The van der Waals surface area contributed by atoms with Crippen LogP contribution in [0.5, 0.6) is 0 Å². The van der Waals surface area contributed by atoms with Gasteiger partial charge in [-0.3, -0.25) is 24.4 Å². The number of carbonyl (C=O) groups is 5. The average molecular weight is 298 g/mol. The van der Waals surface area contributed by atoms with Gasteiger partial charge in [-0.2, -0.15) is 5.06 Å². The SMILES string of the molecule is CCCC(=O)ON1C(=O)C=CC1=O.O=C1CCC(=O)N1O. The van der Waals surface area contributed by atoms with E-state index in [2.05, 4.69) is 4.84 Å². The highest BCUT2D eigenvalue weighted by Gasteiger charge is 2.27. The number of hydrogen-bond acceptors (Lipinski definition) is 7. The minimum atomic E-state index is -0.616. The monoisotopic (exact) mass is 298 g/mol. The molecule has 0 spiro atoms. The smallest absolute Gasteiger partial charge is 0.330 e. The molecule has 21 heavy (non-hydrogen) atoms. The second kappa shape index (κ2) is 7.29. The Kier molecular flexibility index (Phi) is 5.73. The number of rotatable bonds is 3. The maximum absolute atomic E-state index is 10.9. The van der Waals surface area contributed by atoms with E-state index in [1.807, 2.05) is 0 Å². The maximum atomic E-state index is 10.9. The topological polar surface area (TPSA) is 121 Å². The van der Waals surface area contributed by atoms with Crippen molar-refractivity contribution in [3.63, 3.8) is 0 Å². The molecule has 0 radical (unpaired) electrons. The van der Waals surface area contributed by atoms with Crippen LogP contribution in [0.25, 0.3) is 0 Å². The van der Waals surface area contributed by atoms with Gasteiger partial charge < -0.3 is 4.84 Å². The van der Waals surface area contributed by atoms with E-state index in [0.717, 1.165) is 12.2 Å². The Hall–Kier alpha value is -2.55. The number of hydrogen-bond donors (Lipinski definition) is 1. The number of carbonyl (C=O) groups excluding carboxylic acids is 5. The molecule has 0 aliphatic carbocycles. The third kappa shape index (κ3) is 4.49. The van der Waals surface area contributed by atoms with Crippen molar-refractivity contribution in [3.8, 4) is 0 Å². The van der Waals surface area contributed by atoms with Crippen LogP contribution in [0.1, 0.15) is 32.6 Å². The molecular weight excluding hydrogens is 284 g/mol. The zero-order chi connectivity index (χ0) is 16.0. The fourth-order valence-corrected chi connectivity index (χ4v) is 1.39. The Bertz CT molecular complexity index is 478. The molecule has 0 aromatic carbocycles. The molecule has 2 rings (SSSR count). The van der Waals surface area contributed by atoms with E-state index in [1.54, 1.807) is 6.92 Å². The average Bonchev–Trinajstić information content (AvgIpc) is 2.90. The summed E-state index contributed by atoms with van der Waals surface area (Å²) in [6.07, 6.45) is 3.22. The minimum Gasteiger partial charge on any atom is -0.330 e. The largest absolute Gasteiger partial charge is 0.333 e. The number of amides is 4. The molecule has 0 unspecified atom stereocenters. The lowest BCUT2D eigenvalue weighted by Gasteiger charge is -2.11. The highest BCUT2D eigenvalue weighted by molar-refractivity contribution is 6.12. The molecule has 1 saturated heterocycles. The molecule has 0 atom stereocenters. The number of imide groups is 2. The van der Waals surface area contributed by atoms with Crippen LogP contribution < -0.4 is 0 Å². The maximum Gasteiger partial charge on any atom is 0.333 e. The molecule has 9 heteroatoms. The van der Waals surface area contributed by atoms with E-state index in [4.69, 9.17) is 5.21 Å². The summed E-state index contributed by atoms with van der Waals surface area (Å²) in [7, 11) is 0. The molecule has 1 N–H and O–H groups in total. The Morgan fingerprint density at radius 2 is 1.62 bits per heavy atom.